The quantitative estimate of drug-likeness (QED) is 0.289. The Hall–Kier alpha value is -2.03. The number of aldehydes is 1. The van der Waals surface area contributed by atoms with E-state index >= 15 is 0 Å². The van der Waals surface area contributed by atoms with Gasteiger partial charge in [-0.25, -0.2) is 19.6 Å². The molecule has 0 radical (unpaired) electrons. The Morgan fingerprint density at radius 1 is 1.36 bits per heavy atom. The zero-order valence-corrected chi connectivity index (χ0v) is 12.7. The van der Waals surface area contributed by atoms with E-state index in [-0.39, 0.29) is 29.5 Å². The first-order valence-electron chi connectivity index (χ1n) is 5.87. The minimum atomic E-state index is -1.14. The lowest BCUT2D eigenvalue weighted by atomic mass is 10.1. The van der Waals surface area contributed by atoms with Crippen LogP contribution in [-0.4, -0.2) is 45.0 Å². The van der Waals surface area contributed by atoms with Crippen LogP contribution in [0, 0.1) is 11.3 Å². The molecular formula is C12H14N2O7S. The number of hydrogen-bond acceptors (Lipinski definition) is 9. The van der Waals surface area contributed by atoms with Crippen LogP contribution >= 0.6 is 11.3 Å². The number of hydrogen-bond donors (Lipinski definition) is 1. The monoisotopic (exact) mass is 330 g/mol. The molecular weight excluding hydrogens is 316 g/mol. The van der Waals surface area contributed by atoms with Crippen molar-refractivity contribution >= 4 is 28.6 Å². The topological polar surface area (TPSA) is 118 Å². The second-order valence-corrected chi connectivity index (χ2v) is 4.82. The van der Waals surface area contributed by atoms with Crippen molar-refractivity contribution in [2.24, 2.45) is 0 Å². The predicted molar refractivity (Wildman–Crippen MR) is 74.2 cm³/mol. The Kier molecular flexibility index (Phi) is 7.44. The highest BCUT2D eigenvalue weighted by molar-refractivity contribution is 7.18. The van der Waals surface area contributed by atoms with E-state index < -0.39 is 12.4 Å². The smallest absolute Gasteiger partial charge is 0.307 e. The van der Waals surface area contributed by atoms with Crippen molar-refractivity contribution in [3.63, 3.8) is 0 Å². The molecule has 0 aliphatic heterocycles. The molecule has 10 heteroatoms. The molecule has 1 aromatic rings. The first kappa shape index (κ1) is 18.0. The van der Waals surface area contributed by atoms with Crippen LogP contribution in [0.1, 0.15) is 20.8 Å². The lowest BCUT2D eigenvalue weighted by molar-refractivity contribution is -0.293. The van der Waals surface area contributed by atoms with Gasteiger partial charge in [-0.05, 0) is 0 Å². The highest BCUT2D eigenvalue weighted by Crippen LogP contribution is 2.35. The molecule has 0 spiro atoms. The maximum atomic E-state index is 11.1. The van der Waals surface area contributed by atoms with Crippen LogP contribution in [0.3, 0.4) is 0 Å². The van der Waals surface area contributed by atoms with E-state index in [0.29, 0.717) is 11.3 Å². The fourth-order valence-corrected chi connectivity index (χ4v) is 2.68. The van der Waals surface area contributed by atoms with Crippen LogP contribution in [0.5, 0.6) is 0 Å². The van der Waals surface area contributed by atoms with E-state index in [9.17, 15) is 14.9 Å². The molecule has 0 amide bonds. The first-order valence-corrected chi connectivity index (χ1v) is 6.69. The van der Waals surface area contributed by atoms with Gasteiger partial charge in [0.15, 0.2) is 19.7 Å². The fraction of sp³-hybridized carbons (Fsp3) is 0.417. The number of carboxylic acid groups (broad SMARTS) is 1. The maximum Gasteiger partial charge on any atom is 0.307 e. The minimum absolute atomic E-state index is 0.0777. The van der Waals surface area contributed by atoms with Crippen molar-refractivity contribution in [3.8, 4) is 6.07 Å². The van der Waals surface area contributed by atoms with Crippen molar-refractivity contribution in [3.05, 3.63) is 16.0 Å². The van der Waals surface area contributed by atoms with Crippen LogP contribution in [-0.2, 0) is 30.8 Å². The third-order valence-corrected chi connectivity index (χ3v) is 3.72. The van der Waals surface area contributed by atoms with Crippen LogP contribution in [0.2, 0.25) is 0 Å². The summed E-state index contributed by atoms with van der Waals surface area (Å²) in [5, 5.41) is 18.5. The molecule has 0 fully saturated rings. The summed E-state index contributed by atoms with van der Waals surface area (Å²) in [6.07, 6.45) is 0.0807. The molecule has 1 N–H and O–H groups in total. The van der Waals surface area contributed by atoms with Crippen molar-refractivity contribution in [2.75, 3.05) is 32.6 Å². The Bertz CT molecular complexity index is 559. The Morgan fingerprint density at radius 2 is 1.95 bits per heavy atom. The van der Waals surface area contributed by atoms with Crippen molar-refractivity contribution in [1.82, 2.24) is 0 Å². The van der Waals surface area contributed by atoms with Gasteiger partial charge in [0.25, 0.3) is 0 Å². The number of rotatable bonds is 10. The molecule has 0 aliphatic rings. The van der Waals surface area contributed by atoms with Gasteiger partial charge in [-0.2, -0.15) is 5.26 Å². The summed E-state index contributed by atoms with van der Waals surface area (Å²) in [6, 6.07) is 1.91. The number of carboxylic acids is 1. The molecule has 0 unspecified atom stereocenters. The first-order chi connectivity index (χ1) is 10.6. The summed E-state index contributed by atoms with van der Waals surface area (Å²) < 4.78 is 0. The van der Waals surface area contributed by atoms with E-state index in [1.54, 1.807) is 0 Å². The number of carbonyl (C=O) groups is 2. The average molecular weight is 330 g/mol. The van der Waals surface area contributed by atoms with E-state index in [0.717, 1.165) is 11.3 Å². The van der Waals surface area contributed by atoms with Gasteiger partial charge in [0.1, 0.15) is 11.1 Å². The lowest BCUT2D eigenvalue weighted by Gasteiger charge is -2.20. The van der Waals surface area contributed by atoms with Gasteiger partial charge in [-0.3, -0.25) is 9.59 Å². The highest BCUT2D eigenvalue weighted by atomic mass is 32.1. The van der Waals surface area contributed by atoms with Crippen molar-refractivity contribution < 1.29 is 34.2 Å². The molecule has 1 heterocycles. The van der Waals surface area contributed by atoms with Crippen molar-refractivity contribution in [1.29, 1.82) is 5.26 Å². The maximum absolute atomic E-state index is 11.1. The molecule has 120 valence electrons. The number of thiophene rings is 1. The summed E-state index contributed by atoms with van der Waals surface area (Å²) in [6.45, 7) is -0.222. The summed E-state index contributed by atoms with van der Waals surface area (Å²) in [4.78, 5) is 42.2. The highest BCUT2D eigenvalue weighted by Gasteiger charge is 2.24. The molecule has 1 rings (SSSR count). The van der Waals surface area contributed by atoms with Gasteiger partial charge < -0.3 is 10.0 Å². The van der Waals surface area contributed by atoms with Gasteiger partial charge in [0.2, 0.25) is 0 Å². The molecule has 22 heavy (non-hydrogen) atoms. The number of nitriles is 1. The zero-order valence-electron chi connectivity index (χ0n) is 11.9. The summed E-state index contributed by atoms with van der Waals surface area (Å²) >= 11 is 0.963. The van der Waals surface area contributed by atoms with E-state index in [1.807, 2.05) is 6.07 Å². The van der Waals surface area contributed by atoms with Gasteiger partial charge in [-0.1, -0.05) is 0 Å². The molecule has 9 nitrogen and oxygen atoms in total. The second kappa shape index (κ2) is 9.08. The molecule has 0 atom stereocenters. The lowest BCUT2D eigenvalue weighted by Crippen LogP contribution is -2.28. The third kappa shape index (κ3) is 4.48. The van der Waals surface area contributed by atoms with E-state index in [1.165, 1.54) is 19.1 Å². The molecule has 0 saturated carbocycles. The predicted octanol–water partition coefficient (Wildman–Crippen LogP) is 0.937. The van der Waals surface area contributed by atoms with Crippen LogP contribution < -0.4 is 4.90 Å². The Balaban J connectivity index is 3.23. The molecule has 0 saturated heterocycles. The number of aliphatic carboxylic acids is 1. The molecule has 0 aliphatic carbocycles. The Morgan fingerprint density at radius 3 is 2.36 bits per heavy atom. The average Bonchev–Trinajstić information content (AvgIpc) is 2.84. The van der Waals surface area contributed by atoms with E-state index in [2.05, 4.69) is 9.78 Å². The normalized spacial score (nSPS) is 10.2. The standard InChI is InChI=1S/C12H14N2O7S/c1-18-20-6-14(7-21-19-2)12-9(4-13)8(3-11(16)17)10(5-15)22-12/h5H,3,6-7H2,1-2H3,(H,16,17). The van der Waals surface area contributed by atoms with Gasteiger partial charge in [0, 0.05) is 5.56 Å². The minimum Gasteiger partial charge on any atom is -0.481 e. The van der Waals surface area contributed by atoms with Gasteiger partial charge >= 0.3 is 5.97 Å². The molecule has 0 aromatic carbocycles. The second-order valence-electron chi connectivity index (χ2n) is 3.79. The summed E-state index contributed by atoms with van der Waals surface area (Å²) in [5.74, 6) is -1.14. The molecule has 0 bridgehead atoms. The SMILES string of the molecule is COOCN(COOC)c1sc(C=O)c(CC(=O)O)c1C#N. The number of carbonyl (C=O) groups excluding carboxylic acids is 1. The van der Waals surface area contributed by atoms with Crippen LogP contribution in [0.4, 0.5) is 5.00 Å². The third-order valence-electron chi connectivity index (χ3n) is 2.51. The largest absolute Gasteiger partial charge is 0.481 e. The Labute approximate surface area is 130 Å². The summed E-state index contributed by atoms with van der Waals surface area (Å²) in [5.41, 5.74) is 0.235. The summed E-state index contributed by atoms with van der Waals surface area (Å²) in [7, 11) is 2.61. The van der Waals surface area contributed by atoms with Crippen LogP contribution in [0.15, 0.2) is 0 Å². The molecule has 1 aromatic heterocycles. The fourth-order valence-electron chi connectivity index (χ4n) is 1.62. The van der Waals surface area contributed by atoms with Gasteiger partial charge in [0.05, 0.1) is 31.1 Å². The van der Waals surface area contributed by atoms with E-state index in [4.69, 9.17) is 14.9 Å². The van der Waals surface area contributed by atoms with Gasteiger partial charge in [-0.15, -0.1) is 11.3 Å². The zero-order chi connectivity index (χ0) is 16.5. The van der Waals surface area contributed by atoms with Crippen molar-refractivity contribution in [2.45, 2.75) is 6.42 Å². The van der Waals surface area contributed by atoms with Crippen LogP contribution in [0.25, 0.3) is 0 Å². The number of anilines is 1. The number of nitrogens with zero attached hydrogens (tertiary/aromatic N) is 2.